The van der Waals surface area contributed by atoms with Crippen LogP contribution in [-0.4, -0.2) is 24.8 Å². The molecule has 112 valence electrons. The fraction of sp³-hybridized carbons (Fsp3) is 0.625. The number of sulfonamides is 1. The van der Waals surface area contributed by atoms with Crippen molar-refractivity contribution < 1.29 is 8.42 Å². The minimum Gasteiger partial charge on any atom is -0.207 e. The number of rotatable bonds is 5. The second kappa shape index (κ2) is 6.27. The zero-order valence-electron chi connectivity index (χ0n) is 12.7. The first-order valence-electron chi connectivity index (χ1n) is 7.57. The molecule has 1 aromatic rings. The largest absolute Gasteiger partial charge is 0.243 e. The molecule has 0 N–H and O–H groups in total. The molecule has 1 aliphatic rings. The Bertz CT molecular complexity index is 536. The molecule has 1 aliphatic heterocycles. The van der Waals surface area contributed by atoms with Gasteiger partial charge in [-0.2, -0.15) is 4.31 Å². The van der Waals surface area contributed by atoms with Crippen LogP contribution in [0.25, 0.3) is 0 Å². The van der Waals surface area contributed by atoms with E-state index in [1.165, 1.54) is 0 Å². The Hall–Kier alpha value is -0.870. The first-order valence-corrected chi connectivity index (χ1v) is 9.01. The summed E-state index contributed by atoms with van der Waals surface area (Å²) in [4.78, 5) is 0.429. The van der Waals surface area contributed by atoms with E-state index >= 15 is 0 Å². The summed E-state index contributed by atoms with van der Waals surface area (Å²) < 4.78 is 27.5. The number of aryl methyl sites for hydroxylation is 1. The van der Waals surface area contributed by atoms with Crippen LogP contribution in [0.1, 0.15) is 51.5 Å². The van der Waals surface area contributed by atoms with Crippen LogP contribution in [0.3, 0.4) is 0 Å². The van der Waals surface area contributed by atoms with E-state index in [9.17, 15) is 8.42 Å². The molecule has 1 heterocycles. The van der Waals surface area contributed by atoms with Gasteiger partial charge in [0, 0.05) is 12.1 Å². The predicted molar refractivity (Wildman–Crippen MR) is 82.2 cm³/mol. The average molecular weight is 295 g/mol. The molecule has 0 aliphatic carbocycles. The third-order valence-electron chi connectivity index (χ3n) is 4.20. The van der Waals surface area contributed by atoms with E-state index in [0.717, 1.165) is 37.7 Å². The van der Waals surface area contributed by atoms with Crippen molar-refractivity contribution in [3.8, 4) is 0 Å². The van der Waals surface area contributed by atoms with Gasteiger partial charge in [0.05, 0.1) is 4.90 Å². The molecule has 1 fully saturated rings. The van der Waals surface area contributed by atoms with Gasteiger partial charge in [-0.05, 0) is 45.2 Å². The van der Waals surface area contributed by atoms with Crippen molar-refractivity contribution >= 4 is 10.0 Å². The van der Waals surface area contributed by atoms with Gasteiger partial charge in [0.1, 0.15) is 0 Å². The second-order valence-corrected chi connectivity index (χ2v) is 7.71. The first-order chi connectivity index (χ1) is 9.46. The Morgan fingerprint density at radius 3 is 2.45 bits per heavy atom. The highest BCUT2D eigenvalue weighted by Gasteiger charge is 2.39. The van der Waals surface area contributed by atoms with Gasteiger partial charge in [0.25, 0.3) is 0 Å². The van der Waals surface area contributed by atoms with Crippen LogP contribution in [0, 0.1) is 6.92 Å². The van der Waals surface area contributed by atoms with E-state index in [1.54, 1.807) is 16.4 Å². The molecule has 20 heavy (non-hydrogen) atoms. The van der Waals surface area contributed by atoms with Crippen molar-refractivity contribution in [2.24, 2.45) is 0 Å². The molecule has 1 aromatic carbocycles. The smallest absolute Gasteiger partial charge is 0.207 e. The second-order valence-electron chi connectivity index (χ2n) is 5.87. The highest BCUT2D eigenvalue weighted by atomic mass is 32.2. The summed E-state index contributed by atoms with van der Waals surface area (Å²) in [6.45, 7) is 6.15. The maximum absolute atomic E-state index is 12.9. The molecule has 4 heteroatoms. The van der Waals surface area contributed by atoms with Crippen LogP contribution < -0.4 is 0 Å². The standard InChI is InChI=1S/C16H25NO2S/c1-4-5-6-15-10-9-14(3)17(15)20(18,19)16-11-7-13(2)8-12-16/h7-8,11-12,14-15H,4-6,9-10H2,1-3H3/t14-,15+/m0/s1. The Morgan fingerprint density at radius 1 is 1.20 bits per heavy atom. The Kier molecular flexibility index (Phi) is 4.86. The summed E-state index contributed by atoms with van der Waals surface area (Å²) in [6, 6.07) is 7.49. The summed E-state index contributed by atoms with van der Waals surface area (Å²) in [6.07, 6.45) is 5.15. The third-order valence-corrected chi connectivity index (χ3v) is 6.28. The van der Waals surface area contributed by atoms with Crippen LogP contribution in [0.2, 0.25) is 0 Å². The third kappa shape index (κ3) is 3.07. The van der Waals surface area contributed by atoms with E-state index in [0.29, 0.717) is 4.90 Å². The summed E-state index contributed by atoms with van der Waals surface area (Å²) in [5.74, 6) is 0. The lowest BCUT2D eigenvalue weighted by Gasteiger charge is -2.27. The van der Waals surface area contributed by atoms with Crippen molar-refractivity contribution in [2.75, 3.05) is 0 Å². The zero-order valence-corrected chi connectivity index (χ0v) is 13.5. The maximum atomic E-state index is 12.9. The molecule has 0 amide bonds. The van der Waals surface area contributed by atoms with Gasteiger partial charge in [-0.15, -0.1) is 0 Å². The van der Waals surface area contributed by atoms with E-state index in [2.05, 4.69) is 6.92 Å². The summed E-state index contributed by atoms with van der Waals surface area (Å²) in [7, 11) is -3.35. The van der Waals surface area contributed by atoms with Crippen molar-refractivity contribution in [3.05, 3.63) is 29.8 Å². The van der Waals surface area contributed by atoms with Crippen molar-refractivity contribution in [1.82, 2.24) is 4.31 Å². The van der Waals surface area contributed by atoms with Gasteiger partial charge in [-0.1, -0.05) is 37.5 Å². The van der Waals surface area contributed by atoms with Gasteiger partial charge in [0.2, 0.25) is 10.0 Å². The highest BCUT2D eigenvalue weighted by molar-refractivity contribution is 7.89. The van der Waals surface area contributed by atoms with Gasteiger partial charge in [-0.3, -0.25) is 0 Å². The molecule has 1 saturated heterocycles. The van der Waals surface area contributed by atoms with Crippen molar-refractivity contribution in [1.29, 1.82) is 0 Å². The number of hydrogen-bond acceptors (Lipinski definition) is 2. The minimum absolute atomic E-state index is 0.114. The van der Waals surface area contributed by atoms with E-state index in [4.69, 9.17) is 0 Å². The topological polar surface area (TPSA) is 37.4 Å². The quantitative estimate of drug-likeness (QED) is 0.830. The molecule has 2 rings (SSSR count). The summed E-state index contributed by atoms with van der Waals surface area (Å²) in [5, 5.41) is 0. The molecular weight excluding hydrogens is 270 g/mol. The summed E-state index contributed by atoms with van der Waals surface area (Å²) >= 11 is 0. The maximum Gasteiger partial charge on any atom is 0.243 e. The van der Waals surface area contributed by atoms with Gasteiger partial charge < -0.3 is 0 Å². The fourth-order valence-electron chi connectivity index (χ4n) is 3.02. The lowest BCUT2D eigenvalue weighted by Crippen LogP contribution is -2.39. The summed E-state index contributed by atoms with van der Waals surface area (Å²) in [5.41, 5.74) is 1.08. The van der Waals surface area contributed by atoms with Gasteiger partial charge in [0.15, 0.2) is 0 Å². The van der Waals surface area contributed by atoms with Crippen molar-refractivity contribution in [3.63, 3.8) is 0 Å². The van der Waals surface area contributed by atoms with Gasteiger partial charge >= 0.3 is 0 Å². The predicted octanol–water partition coefficient (Wildman–Crippen LogP) is 3.73. The average Bonchev–Trinajstić information content (AvgIpc) is 2.78. The normalized spacial score (nSPS) is 24.1. The molecular formula is C16H25NO2S. The number of nitrogens with zero attached hydrogens (tertiary/aromatic N) is 1. The molecule has 0 unspecified atom stereocenters. The van der Waals surface area contributed by atoms with E-state index in [-0.39, 0.29) is 12.1 Å². The number of hydrogen-bond donors (Lipinski definition) is 0. The van der Waals surface area contributed by atoms with Crippen molar-refractivity contribution in [2.45, 2.75) is 69.9 Å². The Balaban J connectivity index is 2.28. The van der Waals surface area contributed by atoms with Gasteiger partial charge in [-0.25, -0.2) is 8.42 Å². The lowest BCUT2D eigenvalue weighted by atomic mass is 10.1. The number of unbranched alkanes of at least 4 members (excludes halogenated alkanes) is 1. The van der Waals surface area contributed by atoms with Crippen LogP contribution in [0.15, 0.2) is 29.2 Å². The molecule has 3 nitrogen and oxygen atoms in total. The number of benzene rings is 1. The zero-order chi connectivity index (χ0) is 14.8. The molecule has 0 aromatic heterocycles. The minimum atomic E-state index is -3.35. The fourth-order valence-corrected chi connectivity index (χ4v) is 4.93. The Morgan fingerprint density at radius 2 is 1.85 bits per heavy atom. The molecule has 0 saturated carbocycles. The Labute approximate surface area is 123 Å². The van der Waals surface area contributed by atoms with Crippen LogP contribution in [0.4, 0.5) is 0 Å². The first kappa shape index (κ1) is 15.5. The molecule has 0 radical (unpaired) electrons. The van der Waals surface area contributed by atoms with E-state index < -0.39 is 10.0 Å². The monoisotopic (exact) mass is 295 g/mol. The highest BCUT2D eigenvalue weighted by Crippen LogP contribution is 2.33. The molecule has 0 bridgehead atoms. The SMILES string of the molecule is CCCC[C@@H]1CC[C@H](C)N1S(=O)(=O)c1ccc(C)cc1. The van der Waals surface area contributed by atoms with E-state index in [1.807, 2.05) is 26.0 Å². The van der Waals surface area contributed by atoms with Crippen LogP contribution in [0.5, 0.6) is 0 Å². The molecule has 0 spiro atoms. The van der Waals surface area contributed by atoms with Crippen LogP contribution in [-0.2, 0) is 10.0 Å². The lowest BCUT2D eigenvalue weighted by molar-refractivity contribution is 0.317. The van der Waals surface area contributed by atoms with Crippen LogP contribution >= 0.6 is 0 Å². The molecule has 2 atom stereocenters.